The lowest BCUT2D eigenvalue weighted by molar-refractivity contribution is -0.123. The molecule has 0 aliphatic carbocycles. The highest BCUT2D eigenvalue weighted by molar-refractivity contribution is 8.26. The molecule has 1 aliphatic rings. The molecule has 146 valence electrons. The highest BCUT2D eigenvalue weighted by Crippen LogP contribution is 2.32. The third-order valence-electron chi connectivity index (χ3n) is 4.06. The van der Waals surface area contributed by atoms with Crippen molar-refractivity contribution >= 4 is 46.2 Å². The quantitative estimate of drug-likeness (QED) is 0.406. The van der Waals surface area contributed by atoms with Crippen molar-refractivity contribution in [2.24, 2.45) is 0 Å². The molecule has 0 unspecified atom stereocenters. The fourth-order valence-corrected chi connectivity index (χ4v) is 3.96. The smallest absolute Gasteiger partial charge is 0.266 e. The minimum Gasteiger partial charge on any atom is -0.356 e. The Hall–Kier alpha value is -2.52. The molecule has 1 aromatic carbocycles. The van der Waals surface area contributed by atoms with Crippen molar-refractivity contribution in [2.75, 3.05) is 13.1 Å². The summed E-state index contributed by atoms with van der Waals surface area (Å²) in [5.41, 5.74) is 0.594. The second-order valence-electron chi connectivity index (χ2n) is 6.14. The summed E-state index contributed by atoms with van der Waals surface area (Å²) in [6.45, 7) is 1.55. The van der Waals surface area contributed by atoms with Crippen molar-refractivity contribution in [3.63, 3.8) is 0 Å². The van der Waals surface area contributed by atoms with Gasteiger partial charge in [0, 0.05) is 38.4 Å². The first-order valence-corrected chi connectivity index (χ1v) is 9.99. The Balaban J connectivity index is 1.45. The molecule has 0 saturated carbocycles. The summed E-state index contributed by atoms with van der Waals surface area (Å²) in [4.78, 5) is 30.3. The minimum absolute atomic E-state index is 0.131. The van der Waals surface area contributed by atoms with E-state index in [-0.39, 0.29) is 30.6 Å². The highest BCUT2D eigenvalue weighted by atomic mass is 32.2. The average Bonchev–Trinajstić information content (AvgIpc) is 3.26. The number of hydrogen-bond donors (Lipinski definition) is 1. The fraction of sp³-hybridized carbons (Fsp3) is 0.263. The van der Waals surface area contributed by atoms with E-state index in [0.29, 0.717) is 21.3 Å². The number of nitrogens with one attached hydrogen (secondary N) is 1. The molecule has 9 heteroatoms. The van der Waals surface area contributed by atoms with Crippen molar-refractivity contribution in [3.05, 3.63) is 59.3 Å². The number of thiocarbonyl (C=S) groups is 1. The summed E-state index contributed by atoms with van der Waals surface area (Å²) in [5.74, 6) is -0.755. The fourth-order valence-electron chi connectivity index (χ4n) is 2.65. The van der Waals surface area contributed by atoms with E-state index < -0.39 is 0 Å². The molecule has 1 saturated heterocycles. The largest absolute Gasteiger partial charge is 0.356 e. The third kappa shape index (κ3) is 5.49. The number of imidazole rings is 1. The number of halogens is 1. The SMILES string of the molecule is O=C(CCN1C(=O)/C(=C/c2cccc(F)c2)SC1=S)NCCCn1ccnc1. The molecule has 3 rings (SSSR count). The van der Waals surface area contributed by atoms with Crippen LogP contribution >= 0.6 is 24.0 Å². The van der Waals surface area contributed by atoms with Gasteiger partial charge >= 0.3 is 0 Å². The van der Waals surface area contributed by atoms with Gasteiger partial charge in [-0.15, -0.1) is 0 Å². The Morgan fingerprint density at radius 1 is 1.36 bits per heavy atom. The predicted octanol–water partition coefficient (Wildman–Crippen LogP) is 2.82. The van der Waals surface area contributed by atoms with Crippen LogP contribution in [0.15, 0.2) is 47.9 Å². The molecule has 1 fully saturated rings. The Kier molecular flexibility index (Phi) is 6.94. The zero-order chi connectivity index (χ0) is 19.9. The summed E-state index contributed by atoms with van der Waals surface area (Å²) in [7, 11) is 0. The molecule has 28 heavy (non-hydrogen) atoms. The number of aryl methyl sites for hydroxylation is 1. The molecule has 1 N–H and O–H groups in total. The Morgan fingerprint density at radius 2 is 2.21 bits per heavy atom. The van der Waals surface area contributed by atoms with Crippen LogP contribution in [-0.2, 0) is 16.1 Å². The van der Waals surface area contributed by atoms with Gasteiger partial charge in [0.1, 0.15) is 10.1 Å². The van der Waals surface area contributed by atoms with E-state index in [1.54, 1.807) is 30.7 Å². The summed E-state index contributed by atoms with van der Waals surface area (Å²) in [5, 5.41) is 2.84. The second-order valence-corrected chi connectivity index (χ2v) is 7.82. The lowest BCUT2D eigenvalue weighted by Gasteiger charge is -2.14. The van der Waals surface area contributed by atoms with Crippen LogP contribution in [-0.4, -0.2) is 43.7 Å². The van der Waals surface area contributed by atoms with Gasteiger partial charge < -0.3 is 9.88 Å². The van der Waals surface area contributed by atoms with Crippen LogP contribution in [0, 0.1) is 5.82 Å². The normalized spacial score (nSPS) is 15.5. The predicted molar refractivity (Wildman–Crippen MR) is 111 cm³/mol. The number of aromatic nitrogens is 2. The number of amides is 2. The standard InChI is InChI=1S/C19H19FN4O2S2/c20-15-4-1-3-14(11-15)12-16-18(26)24(19(27)28-16)9-5-17(25)22-6-2-8-23-10-7-21-13-23/h1,3-4,7,10-13H,2,5-6,8-9H2,(H,22,25)/b16-12-. The van der Waals surface area contributed by atoms with Crippen LogP contribution in [0.4, 0.5) is 4.39 Å². The minimum atomic E-state index is -0.367. The summed E-state index contributed by atoms with van der Waals surface area (Å²) in [6, 6.07) is 5.99. The van der Waals surface area contributed by atoms with E-state index in [2.05, 4.69) is 10.3 Å². The molecule has 2 amide bonds. The van der Waals surface area contributed by atoms with Gasteiger partial charge in [-0.1, -0.05) is 36.1 Å². The molecule has 0 radical (unpaired) electrons. The van der Waals surface area contributed by atoms with Crippen LogP contribution in [0.3, 0.4) is 0 Å². The van der Waals surface area contributed by atoms with Crippen molar-refractivity contribution in [3.8, 4) is 0 Å². The van der Waals surface area contributed by atoms with E-state index in [0.717, 1.165) is 24.7 Å². The van der Waals surface area contributed by atoms with Crippen LogP contribution < -0.4 is 5.32 Å². The Bertz CT molecular complexity index is 899. The number of rotatable bonds is 8. The number of benzene rings is 1. The Morgan fingerprint density at radius 3 is 2.96 bits per heavy atom. The highest BCUT2D eigenvalue weighted by Gasteiger charge is 2.32. The van der Waals surface area contributed by atoms with E-state index in [1.807, 2.05) is 10.8 Å². The maximum Gasteiger partial charge on any atom is 0.266 e. The first-order valence-electron chi connectivity index (χ1n) is 8.76. The van der Waals surface area contributed by atoms with Gasteiger partial charge in [0.25, 0.3) is 5.91 Å². The first-order chi connectivity index (χ1) is 13.5. The Labute approximate surface area is 171 Å². The maximum atomic E-state index is 13.3. The lowest BCUT2D eigenvalue weighted by Crippen LogP contribution is -2.34. The summed E-state index contributed by atoms with van der Waals surface area (Å²) < 4.78 is 15.6. The maximum absolute atomic E-state index is 13.3. The molecule has 1 aliphatic heterocycles. The first kappa shape index (κ1) is 20.2. The molecule has 2 heterocycles. The zero-order valence-corrected chi connectivity index (χ0v) is 16.6. The number of carbonyl (C=O) groups excluding carboxylic acids is 2. The van der Waals surface area contributed by atoms with Gasteiger partial charge in [0.05, 0.1) is 11.2 Å². The third-order valence-corrected chi connectivity index (χ3v) is 5.43. The number of thioether (sulfide) groups is 1. The van der Waals surface area contributed by atoms with Gasteiger partial charge in [-0.05, 0) is 30.2 Å². The van der Waals surface area contributed by atoms with Crippen molar-refractivity contribution in [2.45, 2.75) is 19.4 Å². The van der Waals surface area contributed by atoms with Crippen molar-refractivity contribution in [1.82, 2.24) is 19.8 Å². The monoisotopic (exact) mass is 418 g/mol. The molecule has 0 atom stereocenters. The summed E-state index contributed by atoms with van der Waals surface area (Å²) >= 11 is 6.41. The van der Waals surface area contributed by atoms with E-state index in [9.17, 15) is 14.0 Å². The van der Waals surface area contributed by atoms with Crippen LogP contribution in [0.25, 0.3) is 6.08 Å². The average molecular weight is 419 g/mol. The van der Waals surface area contributed by atoms with E-state index in [4.69, 9.17) is 12.2 Å². The topological polar surface area (TPSA) is 67.2 Å². The molecular formula is C19H19FN4O2S2. The summed E-state index contributed by atoms with van der Waals surface area (Å²) in [6.07, 6.45) is 7.88. The zero-order valence-electron chi connectivity index (χ0n) is 15.0. The molecule has 0 spiro atoms. The number of nitrogens with zero attached hydrogens (tertiary/aromatic N) is 3. The van der Waals surface area contributed by atoms with Crippen molar-refractivity contribution in [1.29, 1.82) is 0 Å². The second kappa shape index (κ2) is 9.61. The van der Waals surface area contributed by atoms with Gasteiger partial charge in [0.15, 0.2) is 0 Å². The van der Waals surface area contributed by atoms with E-state index in [1.165, 1.54) is 17.0 Å². The molecule has 1 aromatic heterocycles. The van der Waals surface area contributed by atoms with E-state index >= 15 is 0 Å². The molecule has 0 bridgehead atoms. The molecule has 2 aromatic rings. The molecular weight excluding hydrogens is 399 g/mol. The van der Waals surface area contributed by atoms with Crippen LogP contribution in [0.2, 0.25) is 0 Å². The van der Waals surface area contributed by atoms with Crippen molar-refractivity contribution < 1.29 is 14.0 Å². The lowest BCUT2D eigenvalue weighted by atomic mass is 10.2. The molecule has 6 nitrogen and oxygen atoms in total. The van der Waals surface area contributed by atoms with Crippen LogP contribution in [0.1, 0.15) is 18.4 Å². The van der Waals surface area contributed by atoms with Gasteiger partial charge in [-0.2, -0.15) is 0 Å². The van der Waals surface area contributed by atoms with Gasteiger partial charge in [0.2, 0.25) is 5.91 Å². The number of carbonyl (C=O) groups is 2. The number of hydrogen-bond acceptors (Lipinski definition) is 5. The van der Waals surface area contributed by atoms with Gasteiger partial charge in [-0.25, -0.2) is 9.37 Å². The van der Waals surface area contributed by atoms with Crippen LogP contribution in [0.5, 0.6) is 0 Å². The van der Waals surface area contributed by atoms with Gasteiger partial charge in [-0.3, -0.25) is 14.5 Å².